The number of hydrogen-bond acceptors (Lipinski definition) is 5. The highest BCUT2D eigenvalue weighted by Gasteiger charge is 2.21. The van der Waals surface area contributed by atoms with E-state index in [4.69, 9.17) is 4.98 Å². The molecule has 0 aliphatic rings. The predicted octanol–water partition coefficient (Wildman–Crippen LogP) is 5.18. The van der Waals surface area contributed by atoms with Gasteiger partial charge >= 0.3 is 0 Å². The van der Waals surface area contributed by atoms with E-state index in [1.165, 1.54) is 10.5 Å². The van der Waals surface area contributed by atoms with Crippen LogP contribution in [0.25, 0.3) is 10.2 Å². The molecule has 1 amide bonds. The number of amides is 1. The molecule has 28 heavy (non-hydrogen) atoms. The Morgan fingerprint density at radius 1 is 1.07 bits per heavy atom. The van der Waals surface area contributed by atoms with Gasteiger partial charge in [0.05, 0.1) is 10.2 Å². The standard InChI is InChI=1S/C22H27N3OS2/c1-5-16-7-12-19-20(15-16)28-22(23-19)25(14-13-24(3)4)21(26)17-8-10-18(11-9-17)27-6-2/h7-12,15H,5-6,13-14H2,1-4H3. The van der Waals surface area contributed by atoms with Crippen LogP contribution in [0.15, 0.2) is 47.4 Å². The number of likely N-dealkylation sites (N-methyl/N-ethyl adjacent to an activating group) is 1. The molecule has 3 aromatic rings. The number of benzene rings is 2. The highest BCUT2D eigenvalue weighted by molar-refractivity contribution is 7.99. The summed E-state index contributed by atoms with van der Waals surface area (Å²) in [4.78, 5) is 23.1. The first kappa shape index (κ1) is 20.8. The molecule has 0 aliphatic carbocycles. The molecule has 2 aromatic carbocycles. The predicted molar refractivity (Wildman–Crippen MR) is 122 cm³/mol. The van der Waals surface area contributed by atoms with Crippen LogP contribution < -0.4 is 4.90 Å². The summed E-state index contributed by atoms with van der Waals surface area (Å²) in [6.45, 7) is 5.67. The summed E-state index contributed by atoms with van der Waals surface area (Å²) in [7, 11) is 4.04. The minimum Gasteiger partial charge on any atom is -0.308 e. The lowest BCUT2D eigenvalue weighted by Gasteiger charge is -2.22. The van der Waals surface area contributed by atoms with Gasteiger partial charge < -0.3 is 4.90 Å². The Morgan fingerprint density at radius 2 is 1.82 bits per heavy atom. The van der Waals surface area contributed by atoms with Gasteiger partial charge in [-0.2, -0.15) is 0 Å². The highest BCUT2D eigenvalue weighted by Crippen LogP contribution is 2.31. The summed E-state index contributed by atoms with van der Waals surface area (Å²) < 4.78 is 1.13. The Labute approximate surface area is 175 Å². The maximum Gasteiger partial charge on any atom is 0.260 e. The second-order valence-corrected chi connectivity index (χ2v) is 9.22. The number of hydrogen-bond donors (Lipinski definition) is 0. The van der Waals surface area contributed by atoms with Gasteiger partial charge in [-0.25, -0.2) is 4.98 Å². The van der Waals surface area contributed by atoms with E-state index in [0.717, 1.165) is 34.1 Å². The molecule has 0 fully saturated rings. The van der Waals surface area contributed by atoms with Crippen molar-refractivity contribution in [1.29, 1.82) is 0 Å². The zero-order chi connectivity index (χ0) is 20.1. The average molecular weight is 414 g/mol. The van der Waals surface area contributed by atoms with Crippen molar-refractivity contribution in [3.8, 4) is 0 Å². The second-order valence-electron chi connectivity index (χ2n) is 6.87. The molecule has 0 aliphatic heterocycles. The summed E-state index contributed by atoms with van der Waals surface area (Å²) in [6, 6.07) is 14.2. The van der Waals surface area contributed by atoms with E-state index >= 15 is 0 Å². The van der Waals surface area contributed by atoms with E-state index in [1.54, 1.807) is 23.1 Å². The van der Waals surface area contributed by atoms with Crippen molar-refractivity contribution in [2.75, 3.05) is 37.8 Å². The number of carbonyl (C=O) groups is 1. The van der Waals surface area contributed by atoms with Gasteiger partial charge in [-0.15, -0.1) is 11.8 Å². The molecule has 148 valence electrons. The maximum absolute atomic E-state index is 13.3. The van der Waals surface area contributed by atoms with Crippen molar-refractivity contribution in [2.24, 2.45) is 0 Å². The van der Waals surface area contributed by atoms with Crippen LogP contribution >= 0.6 is 23.1 Å². The first-order chi connectivity index (χ1) is 13.5. The maximum atomic E-state index is 13.3. The van der Waals surface area contributed by atoms with Crippen molar-refractivity contribution in [1.82, 2.24) is 9.88 Å². The van der Waals surface area contributed by atoms with Gasteiger partial charge in [-0.05, 0) is 68.2 Å². The number of carbonyl (C=O) groups excluding carboxylic acids is 1. The number of nitrogens with zero attached hydrogens (tertiary/aromatic N) is 3. The van der Waals surface area contributed by atoms with E-state index in [2.05, 4.69) is 36.9 Å². The lowest BCUT2D eigenvalue weighted by atomic mass is 10.2. The van der Waals surface area contributed by atoms with Gasteiger partial charge in [0, 0.05) is 23.5 Å². The molecule has 0 saturated heterocycles. The number of rotatable bonds is 8. The molecule has 1 heterocycles. The molecule has 1 aromatic heterocycles. The number of thioether (sulfide) groups is 1. The van der Waals surface area contributed by atoms with Gasteiger partial charge in [0.2, 0.25) is 0 Å². The molecule has 3 rings (SSSR count). The summed E-state index contributed by atoms with van der Waals surface area (Å²) in [5, 5.41) is 0.766. The van der Waals surface area contributed by atoms with Crippen molar-refractivity contribution in [3.63, 3.8) is 0 Å². The Kier molecular flexibility index (Phi) is 7.10. The molecule has 0 atom stereocenters. The van der Waals surface area contributed by atoms with Crippen LogP contribution in [0.3, 0.4) is 0 Å². The zero-order valence-electron chi connectivity index (χ0n) is 16.9. The van der Waals surface area contributed by atoms with Crippen LogP contribution in [0.2, 0.25) is 0 Å². The van der Waals surface area contributed by atoms with E-state index < -0.39 is 0 Å². The number of fused-ring (bicyclic) bond motifs is 1. The van der Waals surface area contributed by atoms with E-state index in [-0.39, 0.29) is 5.91 Å². The van der Waals surface area contributed by atoms with Gasteiger partial charge in [0.1, 0.15) is 0 Å². The zero-order valence-corrected chi connectivity index (χ0v) is 18.6. The monoisotopic (exact) mass is 413 g/mol. The molecule has 0 N–H and O–H groups in total. The van der Waals surface area contributed by atoms with Gasteiger partial charge in [0.25, 0.3) is 5.91 Å². The van der Waals surface area contributed by atoms with Crippen LogP contribution in [0.5, 0.6) is 0 Å². The van der Waals surface area contributed by atoms with Crippen LogP contribution in [0.4, 0.5) is 5.13 Å². The smallest absolute Gasteiger partial charge is 0.260 e. The summed E-state index contributed by atoms with van der Waals surface area (Å²) in [6.07, 6.45) is 0.995. The molecule has 0 saturated carbocycles. The molecular weight excluding hydrogens is 386 g/mol. The minimum absolute atomic E-state index is 0.00432. The molecule has 6 heteroatoms. The van der Waals surface area contributed by atoms with Crippen LogP contribution in [-0.4, -0.2) is 48.7 Å². The van der Waals surface area contributed by atoms with Gasteiger partial charge in [-0.3, -0.25) is 9.69 Å². The Hall–Kier alpha value is -1.89. The van der Waals surface area contributed by atoms with E-state index in [9.17, 15) is 4.79 Å². The molecule has 0 radical (unpaired) electrons. The van der Waals surface area contributed by atoms with Crippen LogP contribution in [0.1, 0.15) is 29.8 Å². The average Bonchev–Trinajstić information content (AvgIpc) is 3.11. The third-order valence-corrected chi connectivity index (χ3v) is 6.44. The van der Waals surface area contributed by atoms with Crippen molar-refractivity contribution < 1.29 is 4.79 Å². The Balaban J connectivity index is 1.92. The number of aromatic nitrogens is 1. The summed E-state index contributed by atoms with van der Waals surface area (Å²) >= 11 is 3.37. The summed E-state index contributed by atoms with van der Waals surface area (Å²) in [5.74, 6) is 1.03. The first-order valence-corrected chi connectivity index (χ1v) is 11.4. The Bertz CT molecular complexity index is 935. The lowest BCUT2D eigenvalue weighted by Crippen LogP contribution is -2.36. The largest absolute Gasteiger partial charge is 0.308 e. The van der Waals surface area contributed by atoms with Crippen molar-refractivity contribution in [2.45, 2.75) is 25.2 Å². The second kappa shape index (κ2) is 9.54. The molecular formula is C22H27N3OS2. The molecule has 0 unspecified atom stereocenters. The molecule has 0 bridgehead atoms. The number of thiazole rings is 1. The lowest BCUT2D eigenvalue weighted by molar-refractivity contribution is 0.0985. The van der Waals surface area contributed by atoms with Crippen molar-refractivity contribution >= 4 is 44.4 Å². The van der Waals surface area contributed by atoms with Crippen LogP contribution in [0, 0.1) is 0 Å². The van der Waals surface area contributed by atoms with E-state index in [1.807, 2.05) is 43.3 Å². The Morgan fingerprint density at radius 3 is 2.46 bits per heavy atom. The summed E-state index contributed by atoms with van der Waals surface area (Å²) in [5.41, 5.74) is 2.94. The fourth-order valence-corrected chi connectivity index (χ4v) is 4.61. The van der Waals surface area contributed by atoms with Gasteiger partial charge in [-0.1, -0.05) is 31.3 Å². The van der Waals surface area contributed by atoms with Crippen LogP contribution in [-0.2, 0) is 6.42 Å². The molecule has 0 spiro atoms. The first-order valence-electron chi connectivity index (χ1n) is 9.60. The minimum atomic E-state index is 0.00432. The fourth-order valence-electron chi connectivity index (χ4n) is 2.89. The van der Waals surface area contributed by atoms with Crippen molar-refractivity contribution in [3.05, 3.63) is 53.6 Å². The van der Waals surface area contributed by atoms with Gasteiger partial charge in [0.15, 0.2) is 5.13 Å². The normalized spacial score (nSPS) is 11.3. The number of aryl methyl sites for hydroxylation is 1. The topological polar surface area (TPSA) is 36.4 Å². The fraction of sp³-hybridized carbons (Fsp3) is 0.364. The van der Waals surface area contributed by atoms with E-state index in [0.29, 0.717) is 12.1 Å². The SMILES string of the molecule is CCSc1ccc(C(=O)N(CCN(C)C)c2nc3ccc(CC)cc3s2)cc1. The highest BCUT2D eigenvalue weighted by atomic mass is 32.2. The third kappa shape index (κ3) is 4.93. The third-order valence-electron chi connectivity index (χ3n) is 4.51. The number of anilines is 1. The quantitative estimate of drug-likeness (QED) is 0.477. The molecule has 4 nitrogen and oxygen atoms in total.